The summed E-state index contributed by atoms with van der Waals surface area (Å²) in [6, 6.07) is 13.4. The van der Waals surface area contributed by atoms with Crippen LogP contribution in [0.3, 0.4) is 0 Å². The van der Waals surface area contributed by atoms with Gasteiger partial charge in [-0.2, -0.15) is 0 Å². The highest BCUT2D eigenvalue weighted by atomic mass is 16.2. The number of H-pyrrole nitrogens is 1. The molecule has 138 valence electrons. The van der Waals surface area contributed by atoms with Crippen molar-refractivity contribution in [2.45, 2.75) is 32.7 Å². The Labute approximate surface area is 158 Å². The van der Waals surface area contributed by atoms with E-state index in [9.17, 15) is 9.59 Å². The largest absolute Gasteiger partial charge is 0.361 e. The Balaban J connectivity index is 1.42. The lowest BCUT2D eigenvalue weighted by atomic mass is 10.1. The fourth-order valence-corrected chi connectivity index (χ4v) is 3.71. The minimum atomic E-state index is -0.454. The number of anilines is 1. The molecule has 4 rings (SSSR count). The van der Waals surface area contributed by atoms with Crippen LogP contribution in [-0.4, -0.2) is 29.4 Å². The van der Waals surface area contributed by atoms with Crippen molar-refractivity contribution < 1.29 is 9.59 Å². The maximum absolute atomic E-state index is 12.7. The SMILES string of the molecule is Cc1cccc(N2C(=O)CC(NCCc3c[nH]c4ccc(C)cc34)C2=O)c1. The first-order chi connectivity index (χ1) is 13.0. The zero-order valence-corrected chi connectivity index (χ0v) is 15.6. The van der Waals surface area contributed by atoms with Crippen molar-refractivity contribution in [3.8, 4) is 0 Å². The quantitative estimate of drug-likeness (QED) is 0.686. The van der Waals surface area contributed by atoms with Crippen molar-refractivity contribution in [3.63, 3.8) is 0 Å². The minimum absolute atomic E-state index is 0.147. The van der Waals surface area contributed by atoms with Crippen molar-refractivity contribution in [1.82, 2.24) is 10.3 Å². The molecule has 27 heavy (non-hydrogen) atoms. The smallest absolute Gasteiger partial charge is 0.251 e. The van der Waals surface area contributed by atoms with Crippen LogP contribution < -0.4 is 10.2 Å². The lowest BCUT2D eigenvalue weighted by molar-refractivity contribution is -0.121. The second kappa shape index (κ2) is 7.00. The number of carbonyl (C=O) groups excluding carboxylic acids is 2. The van der Waals surface area contributed by atoms with E-state index < -0.39 is 6.04 Å². The van der Waals surface area contributed by atoms with Crippen LogP contribution in [0.4, 0.5) is 5.69 Å². The number of nitrogens with zero attached hydrogens (tertiary/aromatic N) is 1. The van der Waals surface area contributed by atoms with E-state index in [1.165, 1.54) is 21.4 Å². The van der Waals surface area contributed by atoms with Crippen LogP contribution in [0, 0.1) is 13.8 Å². The fourth-order valence-electron chi connectivity index (χ4n) is 3.71. The summed E-state index contributed by atoms with van der Waals surface area (Å²) in [5.74, 6) is -0.314. The molecule has 1 unspecified atom stereocenters. The third-order valence-electron chi connectivity index (χ3n) is 5.11. The van der Waals surface area contributed by atoms with Gasteiger partial charge in [0.05, 0.1) is 18.2 Å². The molecule has 1 aromatic heterocycles. The first kappa shape index (κ1) is 17.5. The van der Waals surface area contributed by atoms with Gasteiger partial charge in [0.25, 0.3) is 5.91 Å². The van der Waals surface area contributed by atoms with E-state index in [1.54, 1.807) is 6.07 Å². The van der Waals surface area contributed by atoms with Crippen molar-refractivity contribution >= 4 is 28.4 Å². The molecule has 1 fully saturated rings. The zero-order chi connectivity index (χ0) is 19.0. The van der Waals surface area contributed by atoms with E-state index in [4.69, 9.17) is 0 Å². The highest BCUT2D eigenvalue weighted by Crippen LogP contribution is 2.24. The van der Waals surface area contributed by atoms with Gasteiger partial charge in [-0.3, -0.25) is 9.59 Å². The van der Waals surface area contributed by atoms with Gasteiger partial charge in [-0.05, 0) is 55.7 Å². The van der Waals surface area contributed by atoms with E-state index in [2.05, 4.69) is 35.4 Å². The number of benzene rings is 2. The molecule has 3 aromatic rings. The van der Waals surface area contributed by atoms with Gasteiger partial charge in [-0.25, -0.2) is 4.90 Å². The molecule has 1 saturated heterocycles. The summed E-state index contributed by atoms with van der Waals surface area (Å²) >= 11 is 0. The number of aromatic amines is 1. The average molecular weight is 361 g/mol. The molecule has 5 nitrogen and oxygen atoms in total. The predicted octanol–water partition coefficient (Wildman–Crippen LogP) is 3.25. The molecular formula is C22H23N3O2. The number of aryl methyl sites for hydroxylation is 2. The third kappa shape index (κ3) is 3.38. The molecule has 1 aliphatic rings. The molecule has 1 atom stereocenters. The predicted molar refractivity (Wildman–Crippen MR) is 107 cm³/mol. The van der Waals surface area contributed by atoms with Gasteiger partial charge in [0.15, 0.2) is 0 Å². The first-order valence-electron chi connectivity index (χ1n) is 9.26. The van der Waals surface area contributed by atoms with Gasteiger partial charge < -0.3 is 10.3 Å². The lowest BCUT2D eigenvalue weighted by Crippen LogP contribution is -2.39. The van der Waals surface area contributed by atoms with Crippen LogP contribution in [0.1, 0.15) is 23.1 Å². The highest BCUT2D eigenvalue weighted by Gasteiger charge is 2.39. The normalized spacial score (nSPS) is 17.3. The number of aromatic nitrogens is 1. The Morgan fingerprint density at radius 2 is 1.93 bits per heavy atom. The van der Waals surface area contributed by atoms with E-state index >= 15 is 0 Å². The van der Waals surface area contributed by atoms with Gasteiger partial charge in [0.1, 0.15) is 0 Å². The number of amides is 2. The summed E-state index contributed by atoms with van der Waals surface area (Å²) in [5.41, 5.74) is 5.24. The number of fused-ring (bicyclic) bond motifs is 1. The van der Waals surface area contributed by atoms with Crippen molar-refractivity contribution in [2.75, 3.05) is 11.4 Å². The highest BCUT2D eigenvalue weighted by molar-refractivity contribution is 6.22. The van der Waals surface area contributed by atoms with Gasteiger partial charge >= 0.3 is 0 Å². The van der Waals surface area contributed by atoms with E-state index in [-0.39, 0.29) is 18.2 Å². The number of rotatable bonds is 5. The van der Waals surface area contributed by atoms with E-state index in [0.29, 0.717) is 12.2 Å². The van der Waals surface area contributed by atoms with Crippen LogP contribution in [0.5, 0.6) is 0 Å². The molecule has 0 bridgehead atoms. The monoisotopic (exact) mass is 361 g/mol. The Morgan fingerprint density at radius 1 is 1.11 bits per heavy atom. The Morgan fingerprint density at radius 3 is 2.74 bits per heavy atom. The molecule has 0 saturated carbocycles. The van der Waals surface area contributed by atoms with Crippen LogP contribution >= 0.6 is 0 Å². The fraction of sp³-hybridized carbons (Fsp3) is 0.273. The summed E-state index contributed by atoms with van der Waals surface area (Å²) < 4.78 is 0. The molecule has 2 heterocycles. The Hall–Kier alpha value is -2.92. The van der Waals surface area contributed by atoms with Crippen LogP contribution in [0.15, 0.2) is 48.7 Å². The number of hydrogen-bond donors (Lipinski definition) is 2. The van der Waals surface area contributed by atoms with Crippen LogP contribution in [0.25, 0.3) is 10.9 Å². The van der Waals surface area contributed by atoms with Crippen molar-refractivity contribution in [3.05, 3.63) is 65.4 Å². The Bertz CT molecular complexity index is 1020. The van der Waals surface area contributed by atoms with Gasteiger partial charge in [0.2, 0.25) is 5.91 Å². The van der Waals surface area contributed by atoms with Crippen LogP contribution in [-0.2, 0) is 16.0 Å². The molecule has 0 aliphatic carbocycles. The van der Waals surface area contributed by atoms with Crippen molar-refractivity contribution in [1.29, 1.82) is 0 Å². The third-order valence-corrected chi connectivity index (χ3v) is 5.11. The van der Waals surface area contributed by atoms with E-state index in [1.807, 2.05) is 31.3 Å². The molecule has 5 heteroatoms. The maximum atomic E-state index is 12.7. The summed E-state index contributed by atoms with van der Waals surface area (Å²) in [7, 11) is 0. The van der Waals surface area contributed by atoms with Gasteiger partial charge in [-0.1, -0.05) is 23.8 Å². The maximum Gasteiger partial charge on any atom is 0.251 e. The topological polar surface area (TPSA) is 65.2 Å². The van der Waals surface area contributed by atoms with Crippen LogP contribution in [0.2, 0.25) is 0 Å². The Kier molecular flexibility index (Phi) is 4.54. The average Bonchev–Trinajstić information content (AvgIpc) is 3.15. The van der Waals surface area contributed by atoms with E-state index in [0.717, 1.165) is 17.5 Å². The summed E-state index contributed by atoms with van der Waals surface area (Å²) in [4.78, 5) is 29.7. The number of imide groups is 1. The standard InChI is InChI=1S/C22H23N3O2/c1-14-4-3-5-17(10-14)25-21(26)12-20(22(25)27)23-9-8-16-13-24-19-7-6-15(2)11-18(16)19/h3-7,10-11,13,20,23-24H,8-9,12H2,1-2H3. The number of hydrogen-bond acceptors (Lipinski definition) is 3. The zero-order valence-electron chi connectivity index (χ0n) is 15.6. The molecule has 1 aliphatic heterocycles. The molecular weight excluding hydrogens is 338 g/mol. The summed E-state index contributed by atoms with van der Waals surface area (Å²) in [6.07, 6.45) is 3.03. The summed E-state index contributed by atoms with van der Waals surface area (Å²) in [5, 5.41) is 4.48. The minimum Gasteiger partial charge on any atom is -0.361 e. The first-order valence-corrected chi connectivity index (χ1v) is 9.26. The van der Waals surface area contributed by atoms with Gasteiger partial charge in [-0.15, -0.1) is 0 Å². The second-order valence-electron chi connectivity index (χ2n) is 7.23. The van der Waals surface area contributed by atoms with Crippen molar-refractivity contribution in [2.24, 2.45) is 0 Å². The number of carbonyl (C=O) groups is 2. The molecule has 0 spiro atoms. The summed E-state index contributed by atoms with van der Waals surface area (Å²) in [6.45, 7) is 4.68. The molecule has 0 radical (unpaired) electrons. The second-order valence-corrected chi connectivity index (χ2v) is 7.23. The molecule has 2 N–H and O–H groups in total. The molecule has 2 amide bonds. The van der Waals surface area contributed by atoms with Gasteiger partial charge in [0, 0.05) is 23.6 Å². The lowest BCUT2D eigenvalue weighted by Gasteiger charge is -2.16. The number of nitrogens with one attached hydrogen (secondary N) is 2. The molecule has 2 aromatic carbocycles.